The lowest BCUT2D eigenvalue weighted by Crippen LogP contribution is -2.30. The monoisotopic (exact) mass is 333 g/mol. The zero-order chi connectivity index (χ0) is 17.5. The van der Waals surface area contributed by atoms with E-state index in [1.807, 2.05) is 13.8 Å². The normalized spacial score (nSPS) is 14.2. The fraction of sp³-hybridized carbons (Fsp3) is 0.471. The number of rotatable bonds is 7. The summed E-state index contributed by atoms with van der Waals surface area (Å²) in [6, 6.07) is 4.47. The molecular formula is C17H23N3O4. The van der Waals surface area contributed by atoms with Crippen molar-refractivity contribution in [2.24, 2.45) is 0 Å². The summed E-state index contributed by atoms with van der Waals surface area (Å²) in [5.74, 6) is -0.313. The van der Waals surface area contributed by atoms with Crippen LogP contribution in [-0.2, 0) is 4.74 Å². The van der Waals surface area contributed by atoms with Crippen molar-refractivity contribution in [2.45, 2.75) is 32.7 Å². The first-order chi connectivity index (χ1) is 11.5. The number of benzene rings is 1. The van der Waals surface area contributed by atoms with Crippen molar-refractivity contribution in [1.82, 2.24) is 5.32 Å². The zero-order valence-electron chi connectivity index (χ0n) is 14.0. The first-order valence-electron chi connectivity index (χ1n) is 8.06. The van der Waals surface area contributed by atoms with Gasteiger partial charge >= 0.3 is 0 Å². The predicted molar refractivity (Wildman–Crippen MR) is 92.3 cm³/mol. The van der Waals surface area contributed by atoms with Gasteiger partial charge in [-0.25, -0.2) is 0 Å². The van der Waals surface area contributed by atoms with E-state index >= 15 is 0 Å². The van der Waals surface area contributed by atoms with Crippen LogP contribution < -0.4 is 10.6 Å². The van der Waals surface area contributed by atoms with Gasteiger partial charge in [-0.05, 0) is 38.8 Å². The molecule has 0 saturated carbocycles. The lowest BCUT2D eigenvalue weighted by atomic mass is 10.1. The molecule has 0 radical (unpaired) electrons. The second-order valence-corrected chi connectivity index (χ2v) is 5.98. The van der Waals surface area contributed by atoms with Crippen LogP contribution in [0.3, 0.4) is 0 Å². The summed E-state index contributed by atoms with van der Waals surface area (Å²) in [5, 5.41) is 17.1. The molecule has 1 aliphatic rings. The molecule has 24 heavy (non-hydrogen) atoms. The van der Waals surface area contributed by atoms with Gasteiger partial charge in [-0.3, -0.25) is 14.9 Å². The Morgan fingerprint density at radius 1 is 1.42 bits per heavy atom. The van der Waals surface area contributed by atoms with Crippen LogP contribution in [0.5, 0.6) is 0 Å². The zero-order valence-corrected chi connectivity index (χ0v) is 14.0. The second kappa shape index (κ2) is 8.44. The minimum absolute atomic E-state index is 0.0258. The van der Waals surface area contributed by atoms with E-state index in [9.17, 15) is 14.9 Å². The van der Waals surface area contributed by atoms with Crippen molar-refractivity contribution in [2.75, 3.05) is 25.1 Å². The number of amides is 1. The number of anilines is 1. The summed E-state index contributed by atoms with van der Waals surface area (Å²) < 4.78 is 5.25. The Balaban J connectivity index is 2.04. The molecule has 0 bridgehead atoms. The maximum absolute atomic E-state index is 12.0. The Morgan fingerprint density at radius 3 is 2.83 bits per heavy atom. The molecule has 1 amide bonds. The number of ether oxygens (including phenoxy) is 1. The van der Waals surface area contributed by atoms with Crippen molar-refractivity contribution >= 4 is 17.3 Å². The van der Waals surface area contributed by atoms with E-state index in [-0.39, 0.29) is 23.2 Å². The molecule has 0 aliphatic carbocycles. The molecule has 130 valence electrons. The second-order valence-electron chi connectivity index (χ2n) is 5.98. The smallest absolute Gasteiger partial charge is 0.293 e. The molecule has 0 unspecified atom stereocenters. The van der Waals surface area contributed by atoms with E-state index in [1.54, 1.807) is 12.1 Å². The molecule has 2 rings (SSSR count). The number of carbonyl (C=O) groups excluding carboxylic acids is 1. The first kappa shape index (κ1) is 17.9. The molecule has 0 spiro atoms. The highest BCUT2D eigenvalue weighted by molar-refractivity contribution is 5.95. The molecule has 7 nitrogen and oxygen atoms in total. The standard InChI is InChI=1S/C17H23N3O4/c1-12(2)19-17(21)14-3-4-15(16(11-14)20(22)23)18-8-5-13-6-9-24-10-7-13/h3-4,6,11-12,18H,5,7-10H2,1-2H3,(H,19,21). The molecule has 0 atom stereocenters. The molecule has 2 N–H and O–H groups in total. The van der Waals surface area contributed by atoms with Gasteiger partial charge in [-0.2, -0.15) is 0 Å². The molecule has 0 saturated heterocycles. The quantitative estimate of drug-likeness (QED) is 0.454. The van der Waals surface area contributed by atoms with Gasteiger partial charge in [0, 0.05) is 24.2 Å². The summed E-state index contributed by atoms with van der Waals surface area (Å²) in [4.78, 5) is 22.8. The van der Waals surface area contributed by atoms with E-state index in [1.165, 1.54) is 11.6 Å². The number of hydrogen-bond donors (Lipinski definition) is 2. The van der Waals surface area contributed by atoms with Gasteiger partial charge in [0.15, 0.2) is 0 Å². The molecule has 1 aromatic rings. The Kier molecular flexibility index (Phi) is 6.31. The molecule has 0 fully saturated rings. The molecule has 1 aliphatic heterocycles. The van der Waals surface area contributed by atoms with Crippen LogP contribution in [0.2, 0.25) is 0 Å². The maximum atomic E-state index is 12.0. The lowest BCUT2D eigenvalue weighted by Gasteiger charge is -2.14. The van der Waals surface area contributed by atoms with Gasteiger partial charge in [-0.1, -0.05) is 11.6 Å². The Hall–Kier alpha value is -2.41. The minimum Gasteiger partial charge on any atom is -0.379 e. The number of nitro groups is 1. The number of nitrogens with zero attached hydrogens (tertiary/aromatic N) is 1. The SMILES string of the molecule is CC(C)NC(=O)c1ccc(NCCC2=CCOCC2)c([N+](=O)[O-])c1. The number of nitro benzene ring substituents is 1. The summed E-state index contributed by atoms with van der Waals surface area (Å²) >= 11 is 0. The van der Waals surface area contributed by atoms with Gasteiger partial charge < -0.3 is 15.4 Å². The van der Waals surface area contributed by atoms with Crippen LogP contribution in [0.1, 0.15) is 37.0 Å². The number of hydrogen-bond acceptors (Lipinski definition) is 5. The Morgan fingerprint density at radius 2 is 2.21 bits per heavy atom. The van der Waals surface area contributed by atoms with E-state index in [4.69, 9.17) is 4.74 Å². The van der Waals surface area contributed by atoms with Crippen molar-refractivity contribution < 1.29 is 14.5 Å². The number of carbonyl (C=O) groups is 1. The number of nitrogens with one attached hydrogen (secondary N) is 2. The van der Waals surface area contributed by atoms with E-state index in [2.05, 4.69) is 16.7 Å². The van der Waals surface area contributed by atoms with Gasteiger partial charge in [0.1, 0.15) is 5.69 Å². The van der Waals surface area contributed by atoms with E-state index < -0.39 is 4.92 Å². The summed E-state index contributed by atoms with van der Waals surface area (Å²) in [6.07, 6.45) is 3.77. The van der Waals surface area contributed by atoms with Gasteiger partial charge in [0.2, 0.25) is 0 Å². The van der Waals surface area contributed by atoms with Gasteiger partial charge in [0.25, 0.3) is 11.6 Å². The molecular weight excluding hydrogens is 310 g/mol. The van der Waals surface area contributed by atoms with Crippen molar-refractivity contribution in [1.29, 1.82) is 0 Å². The highest BCUT2D eigenvalue weighted by Crippen LogP contribution is 2.26. The van der Waals surface area contributed by atoms with Gasteiger partial charge in [0.05, 0.1) is 18.1 Å². The fourth-order valence-corrected chi connectivity index (χ4v) is 2.47. The van der Waals surface area contributed by atoms with Crippen molar-refractivity contribution in [3.63, 3.8) is 0 Å². The maximum Gasteiger partial charge on any atom is 0.293 e. The van der Waals surface area contributed by atoms with Crippen molar-refractivity contribution in [3.8, 4) is 0 Å². The average Bonchev–Trinajstić information content (AvgIpc) is 2.55. The lowest BCUT2D eigenvalue weighted by molar-refractivity contribution is -0.384. The molecule has 1 heterocycles. The first-order valence-corrected chi connectivity index (χ1v) is 8.06. The van der Waals surface area contributed by atoms with Crippen LogP contribution in [0.25, 0.3) is 0 Å². The summed E-state index contributed by atoms with van der Waals surface area (Å²) in [6.45, 7) is 5.64. The topological polar surface area (TPSA) is 93.5 Å². The van der Waals surface area contributed by atoms with E-state index in [0.717, 1.165) is 19.4 Å². The van der Waals surface area contributed by atoms with Crippen LogP contribution >= 0.6 is 0 Å². The molecule has 1 aromatic carbocycles. The summed E-state index contributed by atoms with van der Waals surface area (Å²) in [5.41, 5.74) is 1.92. The van der Waals surface area contributed by atoms with Crippen LogP contribution in [-0.4, -0.2) is 36.6 Å². The third kappa shape index (κ3) is 5.06. The van der Waals surface area contributed by atoms with Crippen LogP contribution in [0.15, 0.2) is 29.8 Å². The minimum atomic E-state index is -0.470. The molecule has 0 aromatic heterocycles. The molecule has 7 heteroatoms. The highest BCUT2D eigenvalue weighted by atomic mass is 16.6. The third-order valence-electron chi connectivity index (χ3n) is 3.70. The largest absolute Gasteiger partial charge is 0.379 e. The average molecular weight is 333 g/mol. The van der Waals surface area contributed by atoms with Crippen molar-refractivity contribution in [3.05, 3.63) is 45.5 Å². The van der Waals surface area contributed by atoms with E-state index in [0.29, 0.717) is 18.8 Å². The van der Waals surface area contributed by atoms with Crippen LogP contribution in [0.4, 0.5) is 11.4 Å². The predicted octanol–water partition coefficient (Wildman–Crippen LogP) is 2.88. The fourth-order valence-electron chi connectivity index (χ4n) is 2.47. The summed E-state index contributed by atoms with van der Waals surface area (Å²) in [7, 11) is 0. The Labute approximate surface area is 141 Å². The Bertz CT molecular complexity index is 641. The third-order valence-corrected chi connectivity index (χ3v) is 3.70. The van der Waals surface area contributed by atoms with Crippen LogP contribution in [0, 0.1) is 10.1 Å². The highest BCUT2D eigenvalue weighted by Gasteiger charge is 2.18. The van der Waals surface area contributed by atoms with Gasteiger partial charge in [-0.15, -0.1) is 0 Å².